The van der Waals surface area contributed by atoms with Gasteiger partial charge in [-0.05, 0) is 29.7 Å². The van der Waals surface area contributed by atoms with Crippen LogP contribution in [0.15, 0.2) is 34.2 Å². The monoisotopic (exact) mass is 297 g/mol. The molecule has 0 N–H and O–H groups in total. The number of ether oxygens (including phenoxy) is 1. The molecule has 0 bridgehead atoms. The highest BCUT2D eigenvalue weighted by Crippen LogP contribution is 2.33. The molecule has 0 saturated heterocycles. The second-order valence-corrected chi connectivity index (χ2v) is 5.51. The molecule has 0 aliphatic rings. The Labute approximate surface area is 107 Å². The van der Waals surface area contributed by atoms with Crippen LogP contribution in [0.25, 0.3) is 0 Å². The normalized spacial score (nSPS) is 10.8. The van der Waals surface area contributed by atoms with E-state index in [1.54, 1.807) is 6.20 Å². The number of nitrogens with zero attached hydrogens (tertiary/aromatic N) is 1. The summed E-state index contributed by atoms with van der Waals surface area (Å²) in [6.07, 6.45) is 1.74. The van der Waals surface area contributed by atoms with Gasteiger partial charge in [0.2, 0.25) is 0 Å². The van der Waals surface area contributed by atoms with E-state index in [2.05, 4.69) is 40.8 Å². The number of hydrogen-bond acceptors (Lipinski definition) is 3. The topological polar surface area (TPSA) is 22.1 Å². The third kappa shape index (κ3) is 2.62. The molecule has 16 heavy (non-hydrogen) atoms. The van der Waals surface area contributed by atoms with Crippen LogP contribution in [0.4, 0.5) is 0 Å². The van der Waals surface area contributed by atoms with Gasteiger partial charge in [0.25, 0.3) is 5.19 Å². The first-order chi connectivity index (χ1) is 7.66. The summed E-state index contributed by atoms with van der Waals surface area (Å²) in [7, 11) is 0. The summed E-state index contributed by atoms with van der Waals surface area (Å²) in [5.74, 6) is 1.31. The summed E-state index contributed by atoms with van der Waals surface area (Å²) in [6, 6.07) is 6.04. The Morgan fingerprint density at radius 1 is 1.38 bits per heavy atom. The minimum absolute atomic E-state index is 0.424. The van der Waals surface area contributed by atoms with Crippen molar-refractivity contribution in [1.29, 1.82) is 0 Å². The van der Waals surface area contributed by atoms with E-state index < -0.39 is 0 Å². The number of thiazole rings is 1. The van der Waals surface area contributed by atoms with Crippen molar-refractivity contribution in [2.24, 2.45) is 0 Å². The van der Waals surface area contributed by atoms with Gasteiger partial charge in [-0.3, -0.25) is 0 Å². The molecule has 0 aliphatic heterocycles. The highest BCUT2D eigenvalue weighted by Gasteiger charge is 2.10. The van der Waals surface area contributed by atoms with E-state index in [1.165, 1.54) is 16.9 Å². The molecule has 1 aromatic carbocycles. The summed E-state index contributed by atoms with van der Waals surface area (Å²) in [6.45, 7) is 4.30. The van der Waals surface area contributed by atoms with Crippen LogP contribution in [0.3, 0.4) is 0 Å². The van der Waals surface area contributed by atoms with Crippen LogP contribution in [-0.4, -0.2) is 4.98 Å². The zero-order valence-corrected chi connectivity index (χ0v) is 11.5. The number of aromatic nitrogens is 1. The van der Waals surface area contributed by atoms with Gasteiger partial charge >= 0.3 is 0 Å². The molecule has 1 heterocycles. The van der Waals surface area contributed by atoms with Crippen molar-refractivity contribution >= 4 is 27.3 Å². The van der Waals surface area contributed by atoms with Crippen molar-refractivity contribution in [1.82, 2.24) is 4.98 Å². The predicted molar refractivity (Wildman–Crippen MR) is 70.4 cm³/mol. The third-order valence-corrected chi connectivity index (χ3v) is 3.34. The van der Waals surface area contributed by atoms with Gasteiger partial charge < -0.3 is 4.74 Å². The van der Waals surface area contributed by atoms with Crippen LogP contribution in [0.5, 0.6) is 10.9 Å². The summed E-state index contributed by atoms with van der Waals surface area (Å²) < 4.78 is 6.82. The molecule has 0 spiro atoms. The molecule has 4 heteroatoms. The molecule has 0 fully saturated rings. The van der Waals surface area contributed by atoms with Gasteiger partial charge in [-0.1, -0.05) is 41.1 Å². The zero-order chi connectivity index (χ0) is 11.5. The summed E-state index contributed by atoms with van der Waals surface area (Å²) in [5, 5.41) is 2.59. The van der Waals surface area contributed by atoms with Crippen molar-refractivity contribution in [3.63, 3.8) is 0 Å². The van der Waals surface area contributed by atoms with Gasteiger partial charge in [-0.2, -0.15) is 0 Å². The molecule has 0 aliphatic carbocycles. The lowest BCUT2D eigenvalue weighted by Gasteiger charge is -2.12. The fraction of sp³-hybridized carbons (Fsp3) is 0.250. The first-order valence-corrected chi connectivity index (χ1v) is 6.71. The molecule has 84 valence electrons. The van der Waals surface area contributed by atoms with Crippen molar-refractivity contribution in [3.05, 3.63) is 39.8 Å². The zero-order valence-electron chi connectivity index (χ0n) is 9.11. The SMILES string of the molecule is CC(C)c1cc(Br)ccc1Oc1nccs1. The second kappa shape index (κ2) is 4.97. The highest BCUT2D eigenvalue weighted by molar-refractivity contribution is 9.10. The third-order valence-electron chi connectivity index (χ3n) is 2.20. The Hall–Kier alpha value is -0.870. The molecule has 0 unspecified atom stereocenters. The van der Waals surface area contributed by atoms with Gasteiger partial charge in [0, 0.05) is 16.0 Å². The maximum absolute atomic E-state index is 5.75. The predicted octanol–water partition coefficient (Wildman–Crippen LogP) is 4.82. The summed E-state index contributed by atoms with van der Waals surface area (Å²) in [4.78, 5) is 4.12. The van der Waals surface area contributed by atoms with E-state index in [-0.39, 0.29) is 0 Å². The first-order valence-electron chi connectivity index (χ1n) is 5.03. The maximum Gasteiger partial charge on any atom is 0.278 e. The Kier molecular flexibility index (Phi) is 3.61. The Morgan fingerprint density at radius 2 is 2.19 bits per heavy atom. The average Bonchev–Trinajstić information content (AvgIpc) is 2.73. The quantitative estimate of drug-likeness (QED) is 0.810. The minimum atomic E-state index is 0.424. The van der Waals surface area contributed by atoms with Gasteiger partial charge in [0.1, 0.15) is 5.75 Å². The number of benzene rings is 1. The summed E-state index contributed by atoms with van der Waals surface area (Å²) >= 11 is 4.97. The smallest absolute Gasteiger partial charge is 0.278 e. The molecule has 0 saturated carbocycles. The van der Waals surface area contributed by atoms with Crippen LogP contribution in [0, 0.1) is 0 Å². The van der Waals surface area contributed by atoms with Crippen LogP contribution in [-0.2, 0) is 0 Å². The standard InChI is InChI=1S/C12H12BrNOS/c1-8(2)10-7-9(13)3-4-11(10)15-12-14-5-6-16-12/h3-8H,1-2H3. The Bertz CT molecular complexity index is 468. The lowest BCUT2D eigenvalue weighted by Crippen LogP contribution is -1.93. The lowest BCUT2D eigenvalue weighted by atomic mass is 10.0. The minimum Gasteiger partial charge on any atom is -0.431 e. The van der Waals surface area contributed by atoms with Gasteiger partial charge in [0.05, 0.1) is 0 Å². The van der Waals surface area contributed by atoms with E-state index in [9.17, 15) is 0 Å². The fourth-order valence-corrected chi connectivity index (χ4v) is 2.29. The van der Waals surface area contributed by atoms with Gasteiger partial charge in [-0.25, -0.2) is 4.98 Å². The molecule has 0 amide bonds. The molecule has 1 aromatic heterocycles. The first kappa shape index (κ1) is 11.6. The lowest BCUT2D eigenvalue weighted by molar-refractivity contribution is 0.469. The number of halogens is 1. The Balaban J connectivity index is 2.33. The largest absolute Gasteiger partial charge is 0.431 e. The highest BCUT2D eigenvalue weighted by atomic mass is 79.9. The number of rotatable bonds is 3. The van der Waals surface area contributed by atoms with E-state index in [4.69, 9.17) is 4.74 Å². The molecule has 2 aromatic rings. The maximum atomic E-state index is 5.75. The van der Waals surface area contributed by atoms with E-state index >= 15 is 0 Å². The van der Waals surface area contributed by atoms with E-state index in [1.807, 2.05) is 17.5 Å². The fourth-order valence-electron chi connectivity index (χ4n) is 1.42. The molecular formula is C12H12BrNOS. The van der Waals surface area contributed by atoms with Gasteiger partial charge in [-0.15, -0.1) is 0 Å². The molecule has 2 rings (SSSR count). The van der Waals surface area contributed by atoms with Crippen LogP contribution >= 0.6 is 27.3 Å². The number of hydrogen-bond donors (Lipinski definition) is 0. The van der Waals surface area contributed by atoms with Crippen molar-refractivity contribution in [3.8, 4) is 10.9 Å². The van der Waals surface area contributed by atoms with Crippen molar-refractivity contribution in [2.75, 3.05) is 0 Å². The molecule has 2 nitrogen and oxygen atoms in total. The van der Waals surface area contributed by atoms with Crippen molar-refractivity contribution in [2.45, 2.75) is 19.8 Å². The second-order valence-electron chi connectivity index (χ2n) is 3.74. The average molecular weight is 298 g/mol. The van der Waals surface area contributed by atoms with E-state index in [0.717, 1.165) is 10.2 Å². The molecule has 0 atom stereocenters. The van der Waals surface area contributed by atoms with Crippen LogP contribution in [0.1, 0.15) is 25.3 Å². The van der Waals surface area contributed by atoms with Crippen molar-refractivity contribution < 1.29 is 4.74 Å². The van der Waals surface area contributed by atoms with Crippen LogP contribution in [0.2, 0.25) is 0 Å². The molecule has 0 radical (unpaired) electrons. The van der Waals surface area contributed by atoms with Gasteiger partial charge in [0.15, 0.2) is 0 Å². The van der Waals surface area contributed by atoms with E-state index in [0.29, 0.717) is 11.1 Å². The summed E-state index contributed by atoms with van der Waals surface area (Å²) in [5.41, 5.74) is 1.18. The molecular weight excluding hydrogens is 286 g/mol. The van der Waals surface area contributed by atoms with Crippen LogP contribution < -0.4 is 4.74 Å². The Morgan fingerprint density at radius 3 is 2.81 bits per heavy atom.